The van der Waals surface area contributed by atoms with Crippen LogP contribution in [0.2, 0.25) is 0 Å². The van der Waals surface area contributed by atoms with E-state index in [1.165, 1.54) is 6.20 Å². The van der Waals surface area contributed by atoms with Crippen LogP contribution in [0.25, 0.3) is 10.6 Å². The minimum Gasteiger partial charge on any atom is -0.496 e. The predicted octanol–water partition coefficient (Wildman–Crippen LogP) is 3.22. The minimum absolute atomic E-state index is 0.104. The van der Waals surface area contributed by atoms with Gasteiger partial charge in [-0.05, 0) is 25.0 Å². The summed E-state index contributed by atoms with van der Waals surface area (Å²) < 4.78 is 10.4. The predicted molar refractivity (Wildman–Crippen MR) is 96.3 cm³/mol. The number of amides is 1. The summed E-state index contributed by atoms with van der Waals surface area (Å²) in [4.78, 5) is 14.1. The van der Waals surface area contributed by atoms with Crippen molar-refractivity contribution >= 4 is 17.2 Å². The Kier molecular flexibility index (Phi) is 4.66. The lowest BCUT2D eigenvalue weighted by Gasteiger charge is -2.30. The fourth-order valence-electron chi connectivity index (χ4n) is 3.14. The van der Waals surface area contributed by atoms with Crippen LogP contribution in [0.15, 0.2) is 41.1 Å². The number of methoxy groups -OCH3 is 1. The molecule has 0 aliphatic carbocycles. The summed E-state index contributed by atoms with van der Waals surface area (Å²) in [5.74, 6) is 1.29. The minimum atomic E-state index is -0.104. The van der Waals surface area contributed by atoms with Crippen molar-refractivity contribution in [2.45, 2.75) is 18.8 Å². The van der Waals surface area contributed by atoms with Crippen LogP contribution < -0.4 is 4.74 Å². The van der Waals surface area contributed by atoms with Gasteiger partial charge in [-0.1, -0.05) is 28.6 Å². The molecule has 0 unspecified atom stereocenters. The number of likely N-dealkylation sites (tertiary alicyclic amines) is 1. The van der Waals surface area contributed by atoms with Gasteiger partial charge in [-0.25, -0.2) is 0 Å². The Morgan fingerprint density at radius 1 is 1.23 bits per heavy atom. The van der Waals surface area contributed by atoms with Gasteiger partial charge in [0.25, 0.3) is 5.91 Å². The van der Waals surface area contributed by atoms with Crippen molar-refractivity contribution in [2.75, 3.05) is 20.2 Å². The number of benzene rings is 1. The number of ether oxygens (including phenoxy) is 1. The lowest BCUT2D eigenvalue weighted by atomic mass is 9.97. The molecule has 0 N–H and O–H groups in total. The highest BCUT2D eigenvalue weighted by molar-refractivity contribution is 7.14. The van der Waals surface area contributed by atoms with E-state index in [1.807, 2.05) is 24.3 Å². The molecule has 4 rings (SSSR count). The Labute approximate surface area is 154 Å². The van der Waals surface area contributed by atoms with E-state index in [0.29, 0.717) is 19.0 Å². The Morgan fingerprint density at radius 2 is 2.04 bits per heavy atom. The molecule has 1 aromatic carbocycles. The summed E-state index contributed by atoms with van der Waals surface area (Å²) in [6.45, 7) is 1.35. The van der Waals surface area contributed by atoms with E-state index in [-0.39, 0.29) is 11.7 Å². The van der Waals surface area contributed by atoms with E-state index in [2.05, 4.69) is 15.4 Å². The maximum absolute atomic E-state index is 12.3. The third-order valence-electron chi connectivity index (χ3n) is 4.56. The summed E-state index contributed by atoms with van der Waals surface area (Å²) in [5, 5.41) is 14.2. The molecule has 1 fully saturated rings. The van der Waals surface area contributed by atoms with Crippen LogP contribution >= 0.6 is 11.3 Å². The van der Waals surface area contributed by atoms with Crippen molar-refractivity contribution in [3.05, 3.63) is 47.3 Å². The lowest BCUT2D eigenvalue weighted by molar-refractivity contribution is 0.0671. The summed E-state index contributed by atoms with van der Waals surface area (Å²) in [7, 11) is 1.65. The fraction of sp³-hybridized carbons (Fsp3) is 0.333. The second-order valence-corrected chi connectivity index (χ2v) is 7.10. The maximum atomic E-state index is 12.3. The third-order valence-corrected chi connectivity index (χ3v) is 5.68. The first-order valence-electron chi connectivity index (χ1n) is 8.43. The quantitative estimate of drug-likeness (QED) is 0.701. The molecule has 1 aliphatic rings. The van der Waals surface area contributed by atoms with Crippen LogP contribution in [0.4, 0.5) is 0 Å². The number of carbonyl (C=O) groups excluding carboxylic acids is 1. The molecule has 0 radical (unpaired) electrons. The monoisotopic (exact) mass is 370 g/mol. The van der Waals surface area contributed by atoms with Gasteiger partial charge in [0.2, 0.25) is 5.76 Å². The van der Waals surface area contributed by atoms with Gasteiger partial charge in [0.1, 0.15) is 10.8 Å². The standard InChI is InChI=1S/C18H18N4O3S/c1-24-14-5-3-2-4-13(14)17-21-20-16(26-17)12-7-10-22(11-8-12)18(23)15-6-9-19-25-15/h2-6,9,12H,7-8,10-11H2,1H3. The number of hydrogen-bond acceptors (Lipinski definition) is 7. The Balaban J connectivity index is 1.44. The van der Waals surface area contributed by atoms with Crippen LogP contribution in [-0.2, 0) is 0 Å². The topological polar surface area (TPSA) is 81.4 Å². The van der Waals surface area contributed by atoms with Crippen LogP contribution in [-0.4, -0.2) is 46.4 Å². The summed E-state index contributed by atoms with van der Waals surface area (Å²) >= 11 is 1.60. The van der Waals surface area contributed by atoms with Gasteiger partial charge >= 0.3 is 0 Å². The SMILES string of the molecule is COc1ccccc1-c1nnc(C2CCN(C(=O)c3ccno3)CC2)s1. The van der Waals surface area contributed by atoms with E-state index in [9.17, 15) is 4.79 Å². The first-order chi connectivity index (χ1) is 12.8. The second kappa shape index (κ2) is 7.25. The molecule has 7 nitrogen and oxygen atoms in total. The highest BCUT2D eigenvalue weighted by Gasteiger charge is 2.28. The second-order valence-electron chi connectivity index (χ2n) is 6.09. The molecule has 3 heterocycles. The van der Waals surface area contributed by atoms with Gasteiger partial charge in [0.05, 0.1) is 18.9 Å². The molecule has 1 saturated heterocycles. The van der Waals surface area contributed by atoms with E-state index in [0.717, 1.165) is 34.2 Å². The first-order valence-corrected chi connectivity index (χ1v) is 9.24. The first kappa shape index (κ1) is 16.7. The van der Waals surface area contributed by atoms with Crippen molar-refractivity contribution in [3.8, 4) is 16.3 Å². The zero-order chi connectivity index (χ0) is 17.9. The number of hydrogen-bond donors (Lipinski definition) is 0. The molecular weight excluding hydrogens is 352 g/mol. The normalized spacial score (nSPS) is 15.2. The zero-order valence-corrected chi connectivity index (χ0v) is 15.1. The highest BCUT2D eigenvalue weighted by Crippen LogP contribution is 2.36. The smallest absolute Gasteiger partial charge is 0.292 e. The van der Waals surface area contributed by atoms with E-state index in [1.54, 1.807) is 29.4 Å². The van der Waals surface area contributed by atoms with Crippen LogP contribution in [0.5, 0.6) is 5.75 Å². The molecule has 3 aromatic rings. The molecule has 26 heavy (non-hydrogen) atoms. The van der Waals surface area contributed by atoms with Crippen LogP contribution in [0.3, 0.4) is 0 Å². The van der Waals surface area contributed by atoms with E-state index < -0.39 is 0 Å². The van der Waals surface area contributed by atoms with Crippen LogP contribution in [0, 0.1) is 0 Å². The Morgan fingerprint density at radius 3 is 2.77 bits per heavy atom. The van der Waals surface area contributed by atoms with Gasteiger partial charge in [-0.2, -0.15) is 0 Å². The number of nitrogens with zero attached hydrogens (tertiary/aromatic N) is 4. The number of para-hydroxylation sites is 1. The number of aromatic nitrogens is 3. The molecule has 1 aliphatic heterocycles. The maximum Gasteiger partial charge on any atom is 0.292 e. The molecule has 1 amide bonds. The average molecular weight is 370 g/mol. The summed E-state index contributed by atoms with van der Waals surface area (Å²) in [6, 6.07) is 9.41. The molecular formula is C18H18N4O3S. The number of carbonyl (C=O) groups is 1. The Bertz CT molecular complexity index is 885. The lowest BCUT2D eigenvalue weighted by Crippen LogP contribution is -2.37. The molecule has 0 saturated carbocycles. The highest BCUT2D eigenvalue weighted by atomic mass is 32.1. The molecule has 0 spiro atoms. The van der Waals surface area contributed by atoms with Crippen molar-refractivity contribution < 1.29 is 14.1 Å². The van der Waals surface area contributed by atoms with E-state index in [4.69, 9.17) is 9.26 Å². The van der Waals surface area contributed by atoms with Crippen molar-refractivity contribution in [1.29, 1.82) is 0 Å². The van der Waals surface area contributed by atoms with Gasteiger partial charge in [-0.15, -0.1) is 10.2 Å². The van der Waals surface area contributed by atoms with Crippen LogP contribution in [0.1, 0.15) is 34.3 Å². The summed E-state index contributed by atoms with van der Waals surface area (Å²) in [5.41, 5.74) is 0.955. The van der Waals surface area contributed by atoms with Crippen molar-refractivity contribution in [2.24, 2.45) is 0 Å². The van der Waals surface area contributed by atoms with Crippen molar-refractivity contribution in [3.63, 3.8) is 0 Å². The van der Waals surface area contributed by atoms with Crippen molar-refractivity contribution in [1.82, 2.24) is 20.3 Å². The fourth-order valence-corrected chi connectivity index (χ4v) is 4.18. The number of piperidine rings is 1. The van der Waals surface area contributed by atoms with E-state index >= 15 is 0 Å². The summed E-state index contributed by atoms with van der Waals surface area (Å²) in [6.07, 6.45) is 3.21. The number of rotatable bonds is 4. The zero-order valence-electron chi connectivity index (χ0n) is 14.3. The molecule has 8 heteroatoms. The van der Waals surface area contributed by atoms with Gasteiger partial charge < -0.3 is 14.2 Å². The molecule has 2 aromatic heterocycles. The third kappa shape index (κ3) is 3.20. The molecule has 0 atom stereocenters. The molecule has 0 bridgehead atoms. The molecule has 134 valence electrons. The van der Waals surface area contributed by atoms with Gasteiger partial charge in [-0.3, -0.25) is 4.79 Å². The Hall–Kier alpha value is -2.74. The average Bonchev–Trinajstić information content (AvgIpc) is 3.39. The largest absolute Gasteiger partial charge is 0.496 e. The van der Waals surface area contributed by atoms with Gasteiger partial charge in [0.15, 0.2) is 5.01 Å². The van der Waals surface area contributed by atoms with Gasteiger partial charge in [0, 0.05) is 25.1 Å².